The number of aryl methyl sites for hydroxylation is 1. The van der Waals surface area contributed by atoms with Crippen LogP contribution in [0.5, 0.6) is 0 Å². The molecule has 0 unspecified atom stereocenters. The third kappa shape index (κ3) is 5.29. The van der Waals surface area contributed by atoms with Crippen LogP contribution in [-0.4, -0.2) is 48.8 Å². The topological polar surface area (TPSA) is 105 Å². The van der Waals surface area contributed by atoms with Gasteiger partial charge in [-0.05, 0) is 49.4 Å². The SMILES string of the molecule is Cc1cc(C(=O)N2CCC(C)CC2)ccc1NC(=O)CNC(=O)CN. The van der Waals surface area contributed by atoms with Crippen LogP contribution in [0.2, 0.25) is 0 Å². The number of benzene rings is 1. The van der Waals surface area contributed by atoms with E-state index in [1.807, 2.05) is 11.8 Å². The van der Waals surface area contributed by atoms with Crippen molar-refractivity contribution in [3.8, 4) is 0 Å². The number of rotatable bonds is 5. The summed E-state index contributed by atoms with van der Waals surface area (Å²) in [4.78, 5) is 37.4. The Morgan fingerprint density at radius 3 is 2.48 bits per heavy atom. The van der Waals surface area contributed by atoms with Gasteiger partial charge in [-0.2, -0.15) is 0 Å². The van der Waals surface area contributed by atoms with Gasteiger partial charge in [0.1, 0.15) is 0 Å². The first-order chi connectivity index (χ1) is 11.9. The Balaban J connectivity index is 1.96. The van der Waals surface area contributed by atoms with Crippen molar-refractivity contribution < 1.29 is 14.4 Å². The second-order valence-electron chi connectivity index (χ2n) is 6.53. The molecule has 1 aliphatic rings. The molecule has 1 aliphatic heterocycles. The lowest BCUT2D eigenvalue weighted by Crippen LogP contribution is -2.38. The van der Waals surface area contributed by atoms with E-state index in [2.05, 4.69) is 17.6 Å². The van der Waals surface area contributed by atoms with Gasteiger partial charge in [0.05, 0.1) is 13.1 Å². The van der Waals surface area contributed by atoms with Crippen LogP contribution in [0.1, 0.15) is 35.7 Å². The van der Waals surface area contributed by atoms with Crippen LogP contribution in [0.25, 0.3) is 0 Å². The van der Waals surface area contributed by atoms with E-state index in [0.717, 1.165) is 31.5 Å². The largest absolute Gasteiger partial charge is 0.346 e. The number of hydrogen-bond acceptors (Lipinski definition) is 4. The van der Waals surface area contributed by atoms with Crippen molar-refractivity contribution in [1.82, 2.24) is 10.2 Å². The Labute approximate surface area is 147 Å². The molecule has 1 saturated heterocycles. The standard InChI is InChI=1S/C18H26N4O3/c1-12-5-7-22(8-6-12)18(25)14-3-4-15(13(2)9-14)21-17(24)11-20-16(23)10-19/h3-4,9,12H,5-8,10-11,19H2,1-2H3,(H,20,23)(H,21,24). The van der Waals surface area contributed by atoms with E-state index in [0.29, 0.717) is 17.2 Å². The number of nitrogens with zero attached hydrogens (tertiary/aromatic N) is 1. The van der Waals surface area contributed by atoms with Gasteiger partial charge in [-0.25, -0.2) is 0 Å². The molecule has 0 bridgehead atoms. The summed E-state index contributed by atoms with van der Waals surface area (Å²) in [6.45, 7) is 5.33. The summed E-state index contributed by atoms with van der Waals surface area (Å²) >= 11 is 0. The molecule has 0 atom stereocenters. The summed E-state index contributed by atoms with van der Waals surface area (Å²) < 4.78 is 0. The van der Waals surface area contributed by atoms with Crippen LogP contribution < -0.4 is 16.4 Å². The summed E-state index contributed by atoms with van der Waals surface area (Å²) in [5.41, 5.74) is 7.22. The normalized spacial score (nSPS) is 14.9. The minimum atomic E-state index is -0.385. The van der Waals surface area contributed by atoms with E-state index in [1.54, 1.807) is 18.2 Å². The van der Waals surface area contributed by atoms with Gasteiger partial charge >= 0.3 is 0 Å². The zero-order valence-electron chi connectivity index (χ0n) is 14.8. The van der Waals surface area contributed by atoms with E-state index in [-0.39, 0.29) is 30.8 Å². The van der Waals surface area contributed by atoms with Crippen molar-refractivity contribution in [2.45, 2.75) is 26.7 Å². The van der Waals surface area contributed by atoms with Gasteiger partial charge in [0.15, 0.2) is 0 Å². The zero-order chi connectivity index (χ0) is 18.4. The number of hydrogen-bond donors (Lipinski definition) is 3. The molecule has 1 fully saturated rings. The summed E-state index contributed by atoms with van der Waals surface area (Å²) in [5, 5.41) is 5.13. The lowest BCUT2D eigenvalue weighted by atomic mass is 9.98. The monoisotopic (exact) mass is 346 g/mol. The van der Waals surface area contributed by atoms with E-state index in [4.69, 9.17) is 5.73 Å². The van der Waals surface area contributed by atoms with Crippen molar-refractivity contribution in [3.63, 3.8) is 0 Å². The summed E-state index contributed by atoms with van der Waals surface area (Å²) in [5.74, 6) is -0.0242. The van der Waals surface area contributed by atoms with Gasteiger partial charge in [-0.15, -0.1) is 0 Å². The van der Waals surface area contributed by atoms with Crippen molar-refractivity contribution >= 4 is 23.4 Å². The molecule has 7 heteroatoms. The second kappa shape index (κ2) is 8.62. The molecule has 4 N–H and O–H groups in total. The van der Waals surface area contributed by atoms with E-state index in [1.165, 1.54) is 0 Å². The summed E-state index contributed by atoms with van der Waals surface area (Å²) in [7, 11) is 0. The highest BCUT2D eigenvalue weighted by molar-refractivity contribution is 5.97. The van der Waals surface area contributed by atoms with Crippen LogP contribution >= 0.6 is 0 Å². The Bertz CT molecular complexity index is 652. The fraction of sp³-hybridized carbons (Fsp3) is 0.500. The Kier molecular flexibility index (Phi) is 6.52. The quantitative estimate of drug-likeness (QED) is 0.736. The minimum Gasteiger partial charge on any atom is -0.346 e. The van der Waals surface area contributed by atoms with Gasteiger partial charge in [-0.3, -0.25) is 14.4 Å². The zero-order valence-corrected chi connectivity index (χ0v) is 14.8. The molecule has 136 valence electrons. The smallest absolute Gasteiger partial charge is 0.253 e. The number of amides is 3. The molecule has 0 spiro atoms. The highest BCUT2D eigenvalue weighted by atomic mass is 16.2. The fourth-order valence-corrected chi connectivity index (χ4v) is 2.78. The lowest BCUT2D eigenvalue weighted by molar-refractivity contribution is -0.123. The van der Waals surface area contributed by atoms with Crippen LogP contribution in [0, 0.1) is 12.8 Å². The number of likely N-dealkylation sites (tertiary alicyclic amines) is 1. The highest BCUT2D eigenvalue weighted by Crippen LogP contribution is 2.21. The van der Waals surface area contributed by atoms with Gasteiger partial charge < -0.3 is 21.3 Å². The van der Waals surface area contributed by atoms with E-state index in [9.17, 15) is 14.4 Å². The molecule has 1 aromatic rings. The van der Waals surface area contributed by atoms with Crippen LogP contribution in [0.3, 0.4) is 0 Å². The highest BCUT2D eigenvalue weighted by Gasteiger charge is 2.21. The van der Waals surface area contributed by atoms with Crippen molar-refractivity contribution in [1.29, 1.82) is 0 Å². The Morgan fingerprint density at radius 2 is 1.88 bits per heavy atom. The number of carbonyl (C=O) groups is 3. The minimum absolute atomic E-state index is 0.0306. The molecule has 7 nitrogen and oxygen atoms in total. The van der Waals surface area contributed by atoms with Gasteiger partial charge in [0.2, 0.25) is 11.8 Å². The summed E-state index contributed by atoms with van der Waals surface area (Å²) in [6, 6.07) is 5.23. The lowest BCUT2D eigenvalue weighted by Gasteiger charge is -2.30. The number of nitrogens with one attached hydrogen (secondary N) is 2. The van der Waals surface area contributed by atoms with Crippen molar-refractivity contribution in [2.75, 3.05) is 31.5 Å². The molecular weight excluding hydrogens is 320 g/mol. The van der Waals surface area contributed by atoms with E-state index < -0.39 is 0 Å². The number of nitrogens with two attached hydrogens (primary N) is 1. The molecule has 3 amide bonds. The molecule has 2 rings (SSSR count). The third-order valence-electron chi connectivity index (χ3n) is 4.45. The molecule has 1 aromatic carbocycles. The van der Waals surface area contributed by atoms with Gasteiger partial charge in [0, 0.05) is 24.3 Å². The first-order valence-corrected chi connectivity index (χ1v) is 8.57. The number of carbonyl (C=O) groups excluding carboxylic acids is 3. The molecule has 0 saturated carbocycles. The van der Waals surface area contributed by atoms with Gasteiger partial charge in [-0.1, -0.05) is 6.92 Å². The van der Waals surface area contributed by atoms with Crippen molar-refractivity contribution in [2.24, 2.45) is 11.7 Å². The maximum atomic E-state index is 12.6. The molecule has 1 heterocycles. The maximum Gasteiger partial charge on any atom is 0.253 e. The van der Waals surface area contributed by atoms with Crippen LogP contribution in [-0.2, 0) is 9.59 Å². The predicted molar refractivity (Wildman–Crippen MR) is 96.2 cm³/mol. The maximum absolute atomic E-state index is 12.6. The molecular formula is C18H26N4O3. The average molecular weight is 346 g/mol. The molecule has 0 radical (unpaired) electrons. The Morgan fingerprint density at radius 1 is 1.20 bits per heavy atom. The fourth-order valence-electron chi connectivity index (χ4n) is 2.78. The third-order valence-corrected chi connectivity index (χ3v) is 4.45. The second-order valence-corrected chi connectivity index (χ2v) is 6.53. The molecule has 25 heavy (non-hydrogen) atoms. The molecule has 0 aliphatic carbocycles. The Hall–Kier alpha value is -2.41. The number of piperidine rings is 1. The first-order valence-electron chi connectivity index (χ1n) is 8.57. The number of anilines is 1. The van der Waals surface area contributed by atoms with E-state index >= 15 is 0 Å². The van der Waals surface area contributed by atoms with Crippen molar-refractivity contribution in [3.05, 3.63) is 29.3 Å². The first kappa shape index (κ1) is 18.9. The van der Waals surface area contributed by atoms with Crippen LogP contribution in [0.15, 0.2) is 18.2 Å². The predicted octanol–water partition coefficient (Wildman–Crippen LogP) is 0.881. The van der Waals surface area contributed by atoms with Gasteiger partial charge in [0.25, 0.3) is 5.91 Å². The summed E-state index contributed by atoms with van der Waals surface area (Å²) in [6.07, 6.45) is 2.07. The molecule has 0 aromatic heterocycles. The average Bonchev–Trinajstić information content (AvgIpc) is 2.61. The van der Waals surface area contributed by atoms with Crippen LogP contribution in [0.4, 0.5) is 5.69 Å².